The van der Waals surface area contributed by atoms with Crippen molar-refractivity contribution >= 4 is 5.91 Å². The monoisotopic (exact) mass is 319 g/mol. The molecule has 1 aliphatic heterocycles. The molecule has 0 radical (unpaired) electrons. The van der Waals surface area contributed by atoms with Crippen molar-refractivity contribution in [2.45, 2.75) is 51.0 Å². The molecule has 126 valence electrons. The Hall–Kier alpha value is -1.42. The Bertz CT molecular complexity index is 545. The zero-order valence-electron chi connectivity index (χ0n) is 13.9. The molecule has 1 aliphatic carbocycles. The van der Waals surface area contributed by atoms with Crippen molar-refractivity contribution in [2.24, 2.45) is 5.41 Å². The van der Waals surface area contributed by atoms with Crippen LogP contribution in [0.2, 0.25) is 0 Å². The Morgan fingerprint density at radius 1 is 1.30 bits per heavy atom. The first-order chi connectivity index (χ1) is 11.1. The van der Waals surface area contributed by atoms with Gasteiger partial charge in [-0.3, -0.25) is 4.79 Å². The maximum absolute atomic E-state index is 12.9. The molecule has 1 heterocycles. The molecule has 3 nitrogen and oxygen atoms in total. The van der Waals surface area contributed by atoms with Gasteiger partial charge in [0.2, 0.25) is 5.91 Å². The number of carbonyl (C=O) groups excluding carboxylic acids is 1. The highest BCUT2D eigenvalue weighted by atomic mass is 19.1. The van der Waals surface area contributed by atoms with Crippen LogP contribution < -0.4 is 0 Å². The summed E-state index contributed by atoms with van der Waals surface area (Å²) in [6.45, 7) is 1.70. The molecule has 1 saturated carbocycles. The molecule has 23 heavy (non-hydrogen) atoms. The van der Waals surface area contributed by atoms with Crippen LogP contribution in [0.25, 0.3) is 0 Å². The smallest absolute Gasteiger partial charge is 0.222 e. The minimum Gasteiger partial charge on any atom is -0.381 e. The van der Waals surface area contributed by atoms with E-state index in [-0.39, 0.29) is 17.1 Å². The number of methoxy groups -OCH3 is 1. The van der Waals surface area contributed by atoms with Gasteiger partial charge in [-0.2, -0.15) is 0 Å². The van der Waals surface area contributed by atoms with Crippen LogP contribution in [0.3, 0.4) is 0 Å². The SMILES string of the molecule is CO[C@@H]1CCC[C@]12CCCN(C(=O)CCc1ccc(F)cc1)C2. The molecule has 2 fully saturated rings. The zero-order valence-corrected chi connectivity index (χ0v) is 13.9. The van der Waals surface area contributed by atoms with Gasteiger partial charge in [0.05, 0.1) is 6.10 Å². The van der Waals surface area contributed by atoms with Crippen LogP contribution >= 0.6 is 0 Å². The molecule has 0 aromatic heterocycles. The lowest BCUT2D eigenvalue weighted by Gasteiger charge is -2.43. The normalized spacial score (nSPS) is 27.6. The summed E-state index contributed by atoms with van der Waals surface area (Å²) in [6.07, 6.45) is 7.22. The minimum atomic E-state index is -0.232. The summed E-state index contributed by atoms with van der Waals surface area (Å²) in [4.78, 5) is 14.6. The number of carbonyl (C=O) groups is 1. The molecule has 2 atom stereocenters. The van der Waals surface area contributed by atoms with E-state index in [0.29, 0.717) is 18.9 Å². The summed E-state index contributed by atoms with van der Waals surface area (Å²) in [7, 11) is 1.80. The van der Waals surface area contributed by atoms with Crippen molar-refractivity contribution < 1.29 is 13.9 Å². The average molecular weight is 319 g/mol. The number of hydrogen-bond acceptors (Lipinski definition) is 2. The molecule has 2 aliphatic rings. The predicted molar refractivity (Wildman–Crippen MR) is 87.6 cm³/mol. The lowest BCUT2D eigenvalue weighted by atomic mass is 9.76. The van der Waals surface area contributed by atoms with E-state index < -0.39 is 0 Å². The molecule has 3 rings (SSSR count). The molecular formula is C19H26FNO2. The molecule has 1 aromatic rings. The maximum atomic E-state index is 12.9. The van der Waals surface area contributed by atoms with Gasteiger partial charge in [-0.15, -0.1) is 0 Å². The number of benzene rings is 1. The summed E-state index contributed by atoms with van der Waals surface area (Å²) in [6, 6.07) is 6.44. The Balaban J connectivity index is 1.58. The van der Waals surface area contributed by atoms with E-state index in [4.69, 9.17) is 4.74 Å². The summed E-state index contributed by atoms with van der Waals surface area (Å²) >= 11 is 0. The number of likely N-dealkylation sites (tertiary alicyclic amines) is 1. The van der Waals surface area contributed by atoms with Crippen LogP contribution in [0.5, 0.6) is 0 Å². The number of hydrogen-bond donors (Lipinski definition) is 0. The highest BCUT2D eigenvalue weighted by Crippen LogP contribution is 2.46. The highest BCUT2D eigenvalue weighted by molar-refractivity contribution is 5.76. The highest BCUT2D eigenvalue weighted by Gasteiger charge is 2.46. The average Bonchev–Trinajstić information content (AvgIpc) is 2.95. The van der Waals surface area contributed by atoms with E-state index in [9.17, 15) is 9.18 Å². The number of aryl methyl sites for hydroxylation is 1. The zero-order chi connectivity index (χ0) is 16.3. The third-order valence-corrected chi connectivity index (χ3v) is 5.61. The van der Waals surface area contributed by atoms with Gasteiger partial charge in [0, 0.05) is 32.0 Å². The van der Waals surface area contributed by atoms with E-state index in [0.717, 1.165) is 31.5 Å². The lowest BCUT2D eigenvalue weighted by Crippen LogP contribution is -2.49. The van der Waals surface area contributed by atoms with Crippen molar-refractivity contribution in [2.75, 3.05) is 20.2 Å². The first-order valence-electron chi connectivity index (χ1n) is 8.68. The largest absolute Gasteiger partial charge is 0.381 e. The summed E-state index contributed by atoms with van der Waals surface area (Å²) in [5.41, 5.74) is 1.19. The van der Waals surface area contributed by atoms with Gasteiger partial charge in [-0.05, 0) is 49.8 Å². The van der Waals surface area contributed by atoms with Crippen LogP contribution in [0.4, 0.5) is 4.39 Å². The molecule has 0 bridgehead atoms. The number of piperidine rings is 1. The number of amides is 1. The Labute approximate surface area is 137 Å². The van der Waals surface area contributed by atoms with Gasteiger partial charge in [0.25, 0.3) is 0 Å². The minimum absolute atomic E-state index is 0.179. The Morgan fingerprint density at radius 2 is 2.04 bits per heavy atom. The quantitative estimate of drug-likeness (QED) is 0.849. The topological polar surface area (TPSA) is 29.5 Å². The van der Waals surface area contributed by atoms with E-state index in [2.05, 4.69) is 0 Å². The van der Waals surface area contributed by atoms with E-state index >= 15 is 0 Å². The summed E-state index contributed by atoms with van der Waals surface area (Å²) < 4.78 is 18.6. The molecule has 0 N–H and O–H groups in total. The fraction of sp³-hybridized carbons (Fsp3) is 0.632. The summed E-state index contributed by atoms with van der Waals surface area (Å²) in [5.74, 6) is -0.0138. The lowest BCUT2D eigenvalue weighted by molar-refractivity contribution is -0.137. The third-order valence-electron chi connectivity index (χ3n) is 5.61. The van der Waals surface area contributed by atoms with Crippen molar-refractivity contribution in [1.29, 1.82) is 0 Å². The van der Waals surface area contributed by atoms with Gasteiger partial charge >= 0.3 is 0 Å². The standard InChI is InChI=1S/C19H26FNO2/c1-23-17-4-2-11-19(17)12-3-13-21(14-19)18(22)10-7-15-5-8-16(20)9-6-15/h5-6,8-9,17H,2-4,7,10-14H2,1H3/t17-,19-/m1/s1. The van der Waals surface area contributed by atoms with Crippen LogP contribution in [-0.2, 0) is 16.0 Å². The molecule has 1 spiro atoms. The predicted octanol–water partition coefficient (Wildman–Crippen LogP) is 3.57. The van der Waals surface area contributed by atoms with Crippen molar-refractivity contribution in [3.05, 3.63) is 35.6 Å². The third kappa shape index (κ3) is 3.57. The van der Waals surface area contributed by atoms with E-state index in [1.54, 1.807) is 19.2 Å². The number of halogens is 1. The number of nitrogens with zero attached hydrogens (tertiary/aromatic N) is 1. The fourth-order valence-electron chi connectivity index (χ4n) is 4.37. The van der Waals surface area contributed by atoms with E-state index in [1.807, 2.05) is 4.90 Å². The molecule has 0 unspecified atom stereocenters. The molecule has 1 amide bonds. The second kappa shape index (κ2) is 7.00. The van der Waals surface area contributed by atoms with Gasteiger partial charge in [-0.25, -0.2) is 4.39 Å². The van der Waals surface area contributed by atoms with Crippen LogP contribution in [0, 0.1) is 11.2 Å². The van der Waals surface area contributed by atoms with Gasteiger partial charge in [-0.1, -0.05) is 18.6 Å². The number of ether oxygens (including phenoxy) is 1. The molecular weight excluding hydrogens is 293 g/mol. The number of rotatable bonds is 4. The first kappa shape index (κ1) is 16.4. The molecule has 1 saturated heterocycles. The fourth-order valence-corrected chi connectivity index (χ4v) is 4.37. The van der Waals surface area contributed by atoms with Gasteiger partial charge < -0.3 is 9.64 Å². The maximum Gasteiger partial charge on any atom is 0.222 e. The first-order valence-corrected chi connectivity index (χ1v) is 8.68. The van der Waals surface area contributed by atoms with Crippen LogP contribution in [0.1, 0.15) is 44.1 Å². The van der Waals surface area contributed by atoms with Crippen molar-refractivity contribution in [3.63, 3.8) is 0 Å². The van der Waals surface area contributed by atoms with Crippen LogP contribution in [0.15, 0.2) is 24.3 Å². The van der Waals surface area contributed by atoms with Crippen molar-refractivity contribution in [1.82, 2.24) is 4.90 Å². The molecule has 1 aromatic carbocycles. The van der Waals surface area contributed by atoms with Gasteiger partial charge in [0.15, 0.2) is 0 Å². The van der Waals surface area contributed by atoms with E-state index in [1.165, 1.54) is 31.4 Å². The second-order valence-electron chi connectivity index (χ2n) is 7.02. The molecule has 4 heteroatoms. The Kier molecular flexibility index (Phi) is 5.00. The Morgan fingerprint density at radius 3 is 2.78 bits per heavy atom. The van der Waals surface area contributed by atoms with Crippen molar-refractivity contribution in [3.8, 4) is 0 Å². The second-order valence-corrected chi connectivity index (χ2v) is 7.02. The van der Waals surface area contributed by atoms with Crippen LogP contribution in [-0.4, -0.2) is 37.1 Å². The van der Waals surface area contributed by atoms with Gasteiger partial charge in [0.1, 0.15) is 5.82 Å². The summed E-state index contributed by atoms with van der Waals surface area (Å²) in [5, 5.41) is 0.